The summed E-state index contributed by atoms with van der Waals surface area (Å²) < 4.78 is 6.50. The number of benzene rings is 1. The number of thioether (sulfide) groups is 1. The van der Waals surface area contributed by atoms with Crippen LogP contribution in [0.4, 0.5) is 0 Å². The minimum atomic E-state index is 0.233. The van der Waals surface area contributed by atoms with Gasteiger partial charge in [-0.05, 0) is 66.9 Å². The number of hydrogen-bond acceptors (Lipinski definition) is 3. The summed E-state index contributed by atoms with van der Waals surface area (Å²) in [5, 5.41) is 0. The summed E-state index contributed by atoms with van der Waals surface area (Å²) in [6.45, 7) is 0. The van der Waals surface area contributed by atoms with Gasteiger partial charge in [0.15, 0.2) is 0 Å². The van der Waals surface area contributed by atoms with Crippen molar-refractivity contribution in [2.45, 2.75) is 31.7 Å². The zero-order valence-corrected chi connectivity index (χ0v) is 13.8. The van der Waals surface area contributed by atoms with E-state index in [0.29, 0.717) is 0 Å². The van der Waals surface area contributed by atoms with Crippen LogP contribution < -0.4 is 10.5 Å². The van der Waals surface area contributed by atoms with E-state index < -0.39 is 0 Å². The lowest BCUT2D eigenvalue weighted by Crippen LogP contribution is -2.27. The lowest BCUT2D eigenvalue weighted by molar-refractivity contribution is 0.390. The molecule has 0 amide bonds. The Labute approximate surface area is 128 Å². The lowest BCUT2D eigenvalue weighted by atomic mass is 9.91. The van der Waals surface area contributed by atoms with Crippen LogP contribution in [0.1, 0.15) is 24.8 Å². The van der Waals surface area contributed by atoms with E-state index in [2.05, 4.69) is 33.8 Å². The SMILES string of the molecule is COc1ccc(Br)cc1CC(N)CC1CCSCC1. The second kappa shape index (κ2) is 7.55. The zero-order valence-electron chi connectivity index (χ0n) is 11.4. The Hall–Kier alpha value is -0.190. The van der Waals surface area contributed by atoms with Gasteiger partial charge in [0.1, 0.15) is 5.75 Å². The Morgan fingerprint density at radius 1 is 1.42 bits per heavy atom. The lowest BCUT2D eigenvalue weighted by Gasteiger charge is -2.24. The van der Waals surface area contributed by atoms with Gasteiger partial charge in [-0.15, -0.1) is 0 Å². The fourth-order valence-electron chi connectivity index (χ4n) is 2.68. The third-order valence-corrected chi connectivity index (χ3v) is 5.24. The molecule has 4 heteroatoms. The Kier molecular flexibility index (Phi) is 6.05. The van der Waals surface area contributed by atoms with Crippen LogP contribution in [0, 0.1) is 5.92 Å². The topological polar surface area (TPSA) is 35.2 Å². The molecule has 1 atom stereocenters. The van der Waals surface area contributed by atoms with Gasteiger partial charge in [-0.2, -0.15) is 11.8 Å². The summed E-state index contributed by atoms with van der Waals surface area (Å²) in [5.41, 5.74) is 7.54. The molecule has 2 nitrogen and oxygen atoms in total. The van der Waals surface area contributed by atoms with Gasteiger partial charge in [-0.1, -0.05) is 15.9 Å². The third-order valence-electron chi connectivity index (χ3n) is 3.70. The first kappa shape index (κ1) is 15.2. The van der Waals surface area contributed by atoms with Crippen molar-refractivity contribution < 1.29 is 4.74 Å². The first-order valence-electron chi connectivity index (χ1n) is 6.84. The van der Waals surface area contributed by atoms with Gasteiger partial charge in [0.2, 0.25) is 0 Å². The average molecular weight is 344 g/mol. The maximum absolute atomic E-state index is 6.33. The number of hydrogen-bond donors (Lipinski definition) is 1. The van der Waals surface area contributed by atoms with Gasteiger partial charge >= 0.3 is 0 Å². The molecule has 1 unspecified atom stereocenters. The van der Waals surface area contributed by atoms with Crippen molar-refractivity contribution in [1.29, 1.82) is 0 Å². The largest absolute Gasteiger partial charge is 0.496 e. The summed E-state index contributed by atoms with van der Waals surface area (Å²) in [4.78, 5) is 0. The summed E-state index contributed by atoms with van der Waals surface area (Å²) in [5.74, 6) is 4.36. The van der Waals surface area contributed by atoms with Gasteiger partial charge in [-0.25, -0.2) is 0 Å². The van der Waals surface area contributed by atoms with Crippen LogP contribution in [0.15, 0.2) is 22.7 Å². The van der Waals surface area contributed by atoms with E-state index in [1.807, 2.05) is 12.1 Å². The molecule has 1 heterocycles. The maximum atomic E-state index is 6.33. The molecular weight excluding hydrogens is 322 g/mol. The van der Waals surface area contributed by atoms with Gasteiger partial charge in [0, 0.05) is 10.5 Å². The first-order chi connectivity index (χ1) is 9.19. The molecule has 1 aliphatic rings. The van der Waals surface area contributed by atoms with Crippen molar-refractivity contribution in [3.63, 3.8) is 0 Å². The van der Waals surface area contributed by atoms with E-state index >= 15 is 0 Å². The second-order valence-electron chi connectivity index (χ2n) is 5.21. The van der Waals surface area contributed by atoms with E-state index in [0.717, 1.165) is 29.0 Å². The molecule has 106 valence electrons. The Balaban J connectivity index is 1.93. The van der Waals surface area contributed by atoms with Crippen LogP contribution >= 0.6 is 27.7 Å². The Morgan fingerprint density at radius 3 is 2.84 bits per heavy atom. The van der Waals surface area contributed by atoms with E-state index in [9.17, 15) is 0 Å². The number of rotatable bonds is 5. The van der Waals surface area contributed by atoms with E-state index in [1.165, 1.54) is 29.9 Å². The number of nitrogens with two attached hydrogens (primary N) is 1. The summed E-state index contributed by atoms with van der Waals surface area (Å²) in [6.07, 6.45) is 4.68. The normalized spacial score (nSPS) is 18.3. The minimum Gasteiger partial charge on any atom is -0.496 e. The van der Waals surface area contributed by atoms with E-state index in [1.54, 1.807) is 7.11 Å². The molecule has 0 spiro atoms. The molecule has 1 saturated heterocycles. The number of methoxy groups -OCH3 is 1. The van der Waals surface area contributed by atoms with Crippen LogP contribution in [-0.2, 0) is 6.42 Å². The molecule has 1 aliphatic heterocycles. The molecular formula is C15H22BrNOS. The van der Waals surface area contributed by atoms with Gasteiger partial charge < -0.3 is 10.5 Å². The summed E-state index contributed by atoms with van der Waals surface area (Å²) in [7, 11) is 1.72. The number of halogens is 1. The highest BCUT2D eigenvalue weighted by molar-refractivity contribution is 9.10. The van der Waals surface area contributed by atoms with Crippen LogP contribution in [0.2, 0.25) is 0 Å². The molecule has 2 N–H and O–H groups in total. The van der Waals surface area contributed by atoms with Crippen LogP contribution in [-0.4, -0.2) is 24.7 Å². The zero-order chi connectivity index (χ0) is 13.7. The smallest absolute Gasteiger partial charge is 0.122 e. The van der Waals surface area contributed by atoms with Gasteiger partial charge in [0.05, 0.1) is 7.11 Å². The number of ether oxygens (including phenoxy) is 1. The predicted molar refractivity (Wildman–Crippen MR) is 87.0 cm³/mol. The maximum Gasteiger partial charge on any atom is 0.122 e. The fourth-order valence-corrected chi connectivity index (χ4v) is 4.30. The highest BCUT2D eigenvalue weighted by Crippen LogP contribution is 2.28. The summed E-state index contributed by atoms with van der Waals surface area (Å²) >= 11 is 5.59. The van der Waals surface area contributed by atoms with Crippen molar-refractivity contribution >= 4 is 27.7 Å². The third kappa shape index (κ3) is 4.69. The first-order valence-corrected chi connectivity index (χ1v) is 8.79. The van der Waals surface area contributed by atoms with Crippen LogP contribution in [0.5, 0.6) is 5.75 Å². The van der Waals surface area contributed by atoms with Gasteiger partial charge in [-0.3, -0.25) is 0 Å². The highest BCUT2D eigenvalue weighted by atomic mass is 79.9. The molecule has 19 heavy (non-hydrogen) atoms. The van der Waals surface area contributed by atoms with Crippen molar-refractivity contribution in [2.24, 2.45) is 11.7 Å². The fraction of sp³-hybridized carbons (Fsp3) is 0.600. The molecule has 1 aromatic carbocycles. The molecule has 0 aromatic heterocycles. The average Bonchev–Trinajstić information content (AvgIpc) is 2.40. The molecule has 1 aromatic rings. The molecule has 1 fully saturated rings. The summed E-state index contributed by atoms with van der Waals surface area (Å²) in [6, 6.07) is 6.36. The van der Waals surface area contributed by atoms with Gasteiger partial charge in [0.25, 0.3) is 0 Å². The van der Waals surface area contributed by atoms with Crippen molar-refractivity contribution in [3.8, 4) is 5.75 Å². The van der Waals surface area contributed by atoms with E-state index in [-0.39, 0.29) is 6.04 Å². The quantitative estimate of drug-likeness (QED) is 0.881. The highest BCUT2D eigenvalue weighted by Gasteiger charge is 2.18. The Morgan fingerprint density at radius 2 is 2.16 bits per heavy atom. The molecule has 0 saturated carbocycles. The second-order valence-corrected chi connectivity index (χ2v) is 7.35. The van der Waals surface area contributed by atoms with E-state index in [4.69, 9.17) is 10.5 Å². The van der Waals surface area contributed by atoms with Crippen molar-refractivity contribution in [3.05, 3.63) is 28.2 Å². The molecule has 0 aliphatic carbocycles. The molecule has 0 radical (unpaired) electrons. The molecule has 0 bridgehead atoms. The predicted octanol–water partition coefficient (Wildman–Crippen LogP) is 3.86. The monoisotopic (exact) mass is 343 g/mol. The van der Waals surface area contributed by atoms with Crippen LogP contribution in [0.25, 0.3) is 0 Å². The van der Waals surface area contributed by atoms with Crippen molar-refractivity contribution in [2.75, 3.05) is 18.6 Å². The standard InChI is InChI=1S/C15H22BrNOS/c1-18-15-3-2-13(16)9-12(15)10-14(17)8-11-4-6-19-7-5-11/h2-3,9,11,14H,4-8,10,17H2,1H3. The van der Waals surface area contributed by atoms with Crippen molar-refractivity contribution in [1.82, 2.24) is 0 Å². The Bertz CT molecular complexity index is 407. The minimum absolute atomic E-state index is 0.233. The molecule has 2 rings (SSSR count). The van der Waals surface area contributed by atoms with Crippen LogP contribution in [0.3, 0.4) is 0 Å².